The van der Waals surface area contributed by atoms with Gasteiger partial charge >= 0.3 is 6.09 Å². The van der Waals surface area contributed by atoms with Crippen molar-refractivity contribution < 1.29 is 14.3 Å². The molecule has 4 heteroatoms. The van der Waals surface area contributed by atoms with Gasteiger partial charge in [-0.15, -0.1) is 0 Å². The van der Waals surface area contributed by atoms with Crippen LogP contribution in [-0.4, -0.2) is 42.9 Å². The van der Waals surface area contributed by atoms with Crippen LogP contribution in [-0.2, 0) is 9.47 Å². The summed E-state index contributed by atoms with van der Waals surface area (Å²) in [5.41, 5.74) is -0.213. The fourth-order valence-corrected chi connectivity index (χ4v) is 2.25. The van der Waals surface area contributed by atoms with Crippen molar-refractivity contribution in [1.82, 2.24) is 4.90 Å². The molecule has 86 valence electrons. The summed E-state index contributed by atoms with van der Waals surface area (Å²) in [5, 5.41) is 0. The van der Waals surface area contributed by atoms with Crippen molar-refractivity contribution in [2.45, 2.75) is 38.2 Å². The highest BCUT2D eigenvalue weighted by Gasteiger charge is 2.34. The molecule has 1 amide bonds. The van der Waals surface area contributed by atoms with Crippen LogP contribution in [0.25, 0.3) is 0 Å². The highest BCUT2D eigenvalue weighted by Crippen LogP contribution is 2.33. The van der Waals surface area contributed by atoms with E-state index < -0.39 is 0 Å². The number of nitrogens with zero attached hydrogens (tertiary/aromatic N) is 1. The Morgan fingerprint density at radius 2 is 1.87 bits per heavy atom. The Labute approximate surface area is 90.5 Å². The van der Waals surface area contributed by atoms with Gasteiger partial charge in [0, 0.05) is 13.1 Å². The fraction of sp³-hybridized carbons (Fsp3) is 0.909. The number of carbonyl (C=O) groups is 1. The summed E-state index contributed by atoms with van der Waals surface area (Å²) in [5.74, 6) is 0. The quantitative estimate of drug-likeness (QED) is 0.666. The summed E-state index contributed by atoms with van der Waals surface area (Å²) in [6, 6.07) is 0. The minimum atomic E-state index is -0.213. The van der Waals surface area contributed by atoms with Gasteiger partial charge in [0.1, 0.15) is 5.60 Å². The molecule has 0 aromatic rings. The van der Waals surface area contributed by atoms with Crippen molar-refractivity contribution in [3.8, 4) is 0 Å². The van der Waals surface area contributed by atoms with Crippen LogP contribution in [0.15, 0.2) is 0 Å². The molecule has 0 unspecified atom stereocenters. The smallest absolute Gasteiger partial charge is 0.410 e. The molecule has 1 saturated heterocycles. The van der Waals surface area contributed by atoms with Crippen molar-refractivity contribution in [1.29, 1.82) is 0 Å². The summed E-state index contributed by atoms with van der Waals surface area (Å²) in [7, 11) is 0. The van der Waals surface area contributed by atoms with E-state index in [9.17, 15) is 4.79 Å². The zero-order valence-electron chi connectivity index (χ0n) is 9.33. The Kier molecular flexibility index (Phi) is 3.14. The lowest BCUT2D eigenvalue weighted by molar-refractivity contribution is -0.0182. The fourth-order valence-electron chi connectivity index (χ4n) is 2.25. The SMILES string of the molecule is CC1(OC(=O)N2CCOCC2)CCCC1. The molecule has 1 aliphatic carbocycles. The predicted octanol–water partition coefficient (Wildman–Crippen LogP) is 1.79. The first-order chi connectivity index (χ1) is 7.20. The maximum atomic E-state index is 11.8. The Bertz CT molecular complexity index is 230. The molecule has 1 aliphatic heterocycles. The molecule has 2 aliphatic rings. The van der Waals surface area contributed by atoms with Crippen molar-refractivity contribution in [3.05, 3.63) is 0 Å². The molecule has 0 spiro atoms. The van der Waals surface area contributed by atoms with Gasteiger partial charge in [0.05, 0.1) is 13.2 Å². The molecule has 2 rings (SSSR count). The monoisotopic (exact) mass is 213 g/mol. The van der Waals surface area contributed by atoms with E-state index in [1.54, 1.807) is 4.90 Å². The number of carbonyl (C=O) groups excluding carboxylic acids is 1. The summed E-state index contributed by atoms with van der Waals surface area (Å²) < 4.78 is 10.8. The van der Waals surface area contributed by atoms with Gasteiger partial charge in [0.25, 0.3) is 0 Å². The van der Waals surface area contributed by atoms with E-state index in [1.165, 1.54) is 12.8 Å². The zero-order chi connectivity index (χ0) is 10.7. The van der Waals surface area contributed by atoms with Crippen molar-refractivity contribution >= 4 is 6.09 Å². The van der Waals surface area contributed by atoms with E-state index in [-0.39, 0.29) is 11.7 Å². The van der Waals surface area contributed by atoms with Crippen LogP contribution in [0.3, 0.4) is 0 Å². The van der Waals surface area contributed by atoms with Gasteiger partial charge in [-0.2, -0.15) is 0 Å². The second-order valence-corrected chi connectivity index (χ2v) is 4.62. The van der Waals surface area contributed by atoms with E-state index in [0.29, 0.717) is 26.3 Å². The number of rotatable bonds is 1. The Morgan fingerprint density at radius 3 is 2.47 bits per heavy atom. The van der Waals surface area contributed by atoms with Gasteiger partial charge in [-0.1, -0.05) is 0 Å². The van der Waals surface area contributed by atoms with Crippen molar-refractivity contribution in [3.63, 3.8) is 0 Å². The van der Waals surface area contributed by atoms with Crippen LogP contribution >= 0.6 is 0 Å². The normalized spacial score (nSPS) is 25.3. The lowest BCUT2D eigenvalue weighted by Crippen LogP contribution is -2.44. The number of hydrogen-bond acceptors (Lipinski definition) is 3. The lowest BCUT2D eigenvalue weighted by atomic mass is 10.1. The van der Waals surface area contributed by atoms with Crippen LogP contribution in [0.2, 0.25) is 0 Å². The van der Waals surface area contributed by atoms with Crippen LogP contribution < -0.4 is 0 Å². The Hall–Kier alpha value is -0.770. The zero-order valence-corrected chi connectivity index (χ0v) is 9.33. The van der Waals surface area contributed by atoms with Gasteiger partial charge in [0.2, 0.25) is 0 Å². The largest absolute Gasteiger partial charge is 0.443 e. The third-order valence-corrected chi connectivity index (χ3v) is 3.26. The van der Waals surface area contributed by atoms with Crippen molar-refractivity contribution in [2.75, 3.05) is 26.3 Å². The van der Waals surface area contributed by atoms with Gasteiger partial charge in [-0.25, -0.2) is 4.79 Å². The highest BCUT2D eigenvalue weighted by atomic mass is 16.6. The number of hydrogen-bond donors (Lipinski definition) is 0. The van der Waals surface area contributed by atoms with Crippen LogP contribution in [0.4, 0.5) is 4.79 Å². The first-order valence-corrected chi connectivity index (χ1v) is 5.75. The molecule has 1 saturated carbocycles. The molecule has 0 aromatic carbocycles. The Morgan fingerprint density at radius 1 is 1.27 bits per heavy atom. The van der Waals surface area contributed by atoms with Crippen LogP contribution in [0, 0.1) is 0 Å². The number of morpholine rings is 1. The summed E-state index contributed by atoms with van der Waals surface area (Å²) >= 11 is 0. The minimum Gasteiger partial charge on any atom is -0.443 e. The van der Waals surface area contributed by atoms with Gasteiger partial charge in [-0.3, -0.25) is 0 Å². The molecule has 2 fully saturated rings. The lowest BCUT2D eigenvalue weighted by Gasteiger charge is -2.31. The first-order valence-electron chi connectivity index (χ1n) is 5.75. The van der Waals surface area contributed by atoms with Crippen molar-refractivity contribution in [2.24, 2.45) is 0 Å². The van der Waals surface area contributed by atoms with E-state index in [4.69, 9.17) is 9.47 Å². The molecular weight excluding hydrogens is 194 g/mol. The molecule has 1 heterocycles. The summed E-state index contributed by atoms with van der Waals surface area (Å²) in [6.07, 6.45) is 4.19. The predicted molar refractivity (Wildman–Crippen MR) is 55.7 cm³/mol. The van der Waals surface area contributed by atoms with Crippen LogP contribution in [0.5, 0.6) is 0 Å². The maximum absolute atomic E-state index is 11.8. The summed E-state index contributed by atoms with van der Waals surface area (Å²) in [4.78, 5) is 13.6. The molecule has 0 bridgehead atoms. The molecule has 15 heavy (non-hydrogen) atoms. The third-order valence-electron chi connectivity index (χ3n) is 3.26. The third kappa shape index (κ3) is 2.62. The molecule has 0 aromatic heterocycles. The second kappa shape index (κ2) is 4.39. The van der Waals surface area contributed by atoms with Crippen LogP contribution in [0.1, 0.15) is 32.6 Å². The summed E-state index contributed by atoms with van der Waals surface area (Å²) in [6.45, 7) is 4.62. The topological polar surface area (TPSA) is 38.8 Å². The number of amides is 1. The second-order valence-electron chi connectivity index (χ2n) is 4.62. The number of ether oxygens (including phenoxy) is 2. The molecular formula is C11H19NO3. The standard InChI is InChI=1S/C11H19NO3/c1-11(4-2-3-5-11)15-10(13)12-6-8-14-9-7-12/h2-9H2,1H3. The molecule has 4 nitrogen and oxygen atoms in total. The molecule has 0 radical (unpaired) electrons. The average molecular weight is 213 g/mol. The molecule has 0 N–H and O–H groups in total. The van der Waals surface area contributed by atoms with Gasteiger partial charge in [-0.05, 0) is 32.6 Å². The van der Waals surface area contributed by atoms with E-state index in [0.717, 1.165) is 12.8 Å². The minimum absolute atomic E-state index is 0.164. The highest BCUT2D eigenvalue weighted by molar-refractivity contribution is 5.68. The van der Waals surface area contributed by atoms with E-state index in [1.807, 2.05) is 6.92 Å². The maximum Gasteiger partial charge on any atom is 0.410 e. The van der Waals surface area contributed by atoms with Gasteiger partial charge in [0.15, 0.2) is 0 Å². The Balaban J connectivity index is 1.85. The first kappa shape index (κ1) is 10.7. The van der Waals surface area contributed by atoms with E-state index >= 15 is 0 Å². The molecule has 0 atom stereocenters. The van der Waals surface area contributed by atoms with Gasteiger partial charge < -0.3 is 14.4 Å². The average Bonchev–Trinajstić information content (AvgIpc) is 2.66. The van der Waals surface area contributed by atoms with E-state index in [2.05, 4.69) is 0 Å².